The molecule has 106 valence electrons. The largest absolute Gasteiger partial charge is 0.478 e. The molecule has 0 aliphatic carbocycles. The molecule has 0 amide bonds. The highest BCUT2D eigenvalue weighted by Gasteiger charge is 2.17. The summed E-state index contributed by atoms with van der Waals surface area (Å²) in [6, 6.07) is 4.17. The zero-order valence-electron chi connectivity index (χ0n) is 11.0. The minimum absolute atomic E-state index is 0.0193. The Labute approximate surface area is 113 Å². The summed E-state index contributed by atoms with van der Waals surface area (Å²) >= 11 is 0. The van der Waals surface area contributed by atoms with E-state index in [4.69, 9.17) is 9.84 Å². The van der Waals surface area contributed by atoms with Crippen molar-refractivity contribution in [1.82, 2.24) is 0 Å². The van der Waals surface area contributed by atoms with Crippen molar-refractivity contribution < 1.29 is 23.1 Å². The van der Waals surface area contributed by atoms with E-state index >= 15 is 0 Å². The van der Waals surface area contributed by atoms with Gasteiger partial charge in [0.25, 0.3) is 0 Å². The van der Waals surface area contributed by atoms with Crippen molar-refractivity contribution in [3.8, 4) is 0 Å². The molecular weight excluding hydrogens is 268 g/mol. The highest BCUT2D eigenvalue weighted by molar-refractivity contribution is 7.91. The van der Waals surface area contributed by atoms with Gasteiger partial charge in [-0.1, -0.05) is 6.07 Å². The average Bonchev–Trinajstić information content (AvgIpc) is 2.34. The van der Waals surface area contributed by atoms with Gasteiger partial charge >= 0.3 is 5.97 Å². The summed E-state index contributed by atoms with van der Waals surface area (Å²) in [7, 11) is -3.46. The van der Waals surface area contributed by atoms with Crippen molar-refractivity contribution in [2.24, 2.45) is 0 Å². The monoisotopic (exact) mass is 286 g/mol. The van der Waals surface area contributed by atoms with E-state index in [2.05, 4.69) is 0 Å². The van der Waals surface area contributed by atoms with Gasteiger partial charge in [-0.3, -0.25) is 0 Å². The number of benzene rings is 1. The molecule has 1 aromatic carbocycles. The number of ether oxygens (including phenoxy) is 1. The van der Waals surface area contributed by atoms with Gasteiger partial charge in [-0.25, -0.2) is 13.2 Å². The molecule has 6 heteroatoms. The summed E-state index contributed by atoms with van der Waals surface area (Å²) in [6.45, 7) is 4.41. The second-order valence-electron chi connectivity index (χ2n) is 4.15. The summed E-state index contributed by atoms with van der Waals surface area (Å²) in [5.41, 5.74) is 0.562. The molecular formula is C13H18O5S. The van der Waals surface area contributed by atoms with Crippen LogP contribution in [0.15, 0.2) is 23.1 Å². The molecule has 1 rings (SSSR count). The fraction of sp³-hybridized carbons (Fsp3) is 0.462. The van der Waals surface area contributed by atoms with Gasteiger partial charge in [-0.15, -0.1) is 0 Å². The van der Waals surface area contributed by atoms with Gasteiger partial charge in [0.2, 0.25) is 0 Å². The Bertz CT molecular complexity index is 548. The van der Waals surface area contributed by atoms with Crippen molar-refractivity contribution in [1.29, 1.82) is 0 Å². The predicted molar refractivity (Wildman–Crippen MR) is 71.3 cm³/mol. The van der Waals surface area contributed by atoms with E-state index < -0.39 is 15.8 Å². The summed E-state index contributed by atoms with van der Waals surface area (Å²) in [6.07, 6.45) is 0.395. The first-order valence-corrected chi connectivity index (χ1v) is 7.68. The molecule has 0 unspecified atom stereocenters. The molecule has 1 N–H and O–H groups in total. The highest BCUT2D eigenvalue weighted by atomic mass is 32.2. The van der Waals surface area contributed by atoms with E-state index in [-0.39, 0.29) is 16.2 Å². The molecule has 0 radical (unpaired) electrons. The van der Waals surface area contributed by atoms with Gasteiger partial charge in [-0.05, 0) is 38.0 Å². The molecule has 0 aliphatic heterocycles. The molecule has 0 saturated heterocycles. The number of hydrogen-bond donors (Lipinski definition) is 1. The lowest BCUT2D eigenvalue weighted by Crippen LogP contribution is -2.11. The maximum absolute atomic E-state index is 12.0. The molecule has 0 atom stereocenters. The fourth-order valence-corrected chi connectivity index (χ4v) is 2.94. The number of rotatable bonds is 7. The van der Waals surface area contributed by atoms with Crippen molar-refractivity contribution >= 4 is 15.8 Å². The maximum atomic E-state index is 12.0. The zero-order valence-corrected chi connectivity index (χ0v) is 11.9. The van der Waals surface area contributed by atoms with Gasteiger partial charge in [-0.2, -0.15) is 0 Å². The minimum Gasteiger partial charge on any atom is -0.478 e. The predicted octanol–water partition coefficient (Wildman–Crippen LogP) is 1.89. The normalized spacial score (nSPS) is 11.5. The standard InChI is InChI=1S/C13H18O5S/c1-3-18-7-4-8-19(16,17)11-6-5-10(2)12(9-11)13(14)15/h5-6,9H,3-4,7-8H2,1-2H3,(H,14,15). The summed E-state index contributed by atoms with van der Waals surface area (Å²) < 4.78 is 29.2. The lowest BCUT2D eigenvalue weighted by Gasteiger charge is -2.07. The number of carboxylic acids is 1. The first kappa shape index (κ1) is 15.7. The Morgan fingerprint density at radius 2 is 2.05 bits per heavy atom. The Morgan fingerprint density at radius 3 is 2.63 bits per heavy atom. The Balaban J connectivity index is 2.89. The summed E-state index contributed by atoms with van der Waals surface area (Å²) in [4.78, 5) is 11.0. The van der Waals surface area contributed by atoms with Gasteiger partial charge in [0.05, 0.1) is 16.2 Å². The first-order chi connectivity index (χ1) is 8.88. The first-order valence-electron chi connectivity index (χ1n) is 6.03. The van der Waals surface area contributed by atoms with Crippen LogP contribution in [-0.4, -0.2) is 38.5 Å². The van der Waals surface area contributed by atoms with Gasteiger partial charge in [0.1, 0.15) is 0 Å². The van der Waals surface area contributed by atoms with E-state index in [1.165, 1.54) is 18.2 Å². The van der Waals surface area contributed by atoms with Crippen molar-refractivity contribution in [2.45, 2.75) is 25.2 Å². The zero-order chi connectivity index (χ0) is 14.5. The number of aryl methyl sites for hydroxylation is 1. The van der Waals surface area contributed by atoms with Gasteiger partial charge < -0.3 is 9.84 Å². The van der Waals surface area contributed by atoms with Crippen LogP contribution in [0.2, 0.25) is 0 Å². The lowest BCUT2D eigenvalue weighted by molar-refractivity contribution is 0.0696. The lowest BCUT2D eigenvalue weighted by atomic mass is 10.1. The van der Waals surface area contributed by atoms with Crippen LogP contribution in [0.25, 0.3) is 0 Å². The second kappa shape index (κ2) is 6.68. The van der Waals surface area contributed by atoms with Crippen LogP contribution in [0, 0.1) is 6.92 Å². The molecule has 0 aliphatic rings. The molecule has 1 aromatic rings. The molecule has 0 fully saturated rings. The minimum atomic E-state index is -3.46. The summed E-state index contributed by atoms with van der Waals surface area (Å²) in [5, 5.41) is 8.99. The van der Waals surface area contributed by atoms with Crippen LogP contribution in [0.5, 0.6) is 0 Å². The SMILES string of the molecule is CCOCCCS(=O)(=O)c1ccc(C)c(C(=O)O)c1. The number of aromatic carboxylic acids is 1. The second-order valence-corrected chi connectivity index (χ2v) is 6.26. The molecule has 5 nitrogen and oxygen atoms in total. The Morgan fingerprint density at radius 1 is 1.37 bits per heavy atom. The smallest absolute Gasteiger partial charge is 0.335 e. The van der Waals surface area contributed by atoms with Crippen molar-refractivity contribution in [3.63, 3.8) is 0 Å². The molecule has 0 spiro atoms. The maximum Gasteiger partial charge on any atom is 0.335 e. The third-order valence-electron chi connectivity index (χ3n) is 2.70. The number of carboxylic acid groups (broad SMARTS) is 1. The van der Waals surface area contributed by atoms with Crippen LogP contribution in [0.1, 0.15) is 29.3 Å². The van der Waals surface area contributed by atoms with Crippen LogP contribution < -0.4 is 0 Å². The highest BCUT2D eigenvalue weighted by Crippen LogP contribution is 2.17. The number of hydrogen-bond acceptors (Lipinski definition) is 4. The van der Waals surface area contributed by atoms with E-state index in [0.29, 0.717) is 25.2 Å². The van der Waals surface area contributed by atoms with E-state index in [1.807, 2.05) is 6.92 Å². The van der Waals surface area contributed by atoms with E-state index in [0.717, 1.165) is 0 Å². The Hall–Kier alpha value is -1.40. The van der Waals surface area contributed by atoms with Crippen LogP contribution in [0.4, 0.5) is 0 Å². The Kier molecular flexibility index (Phi) is 5.50. The van der Waals surface area contributed by atoms with Crippen LogP contribution in [-0.2, 0) is 14.6 Å². The van der Waals surface area contributed by atoms with E-state index in [1.54, 1.807) is 6.92 Å². The topological polar surface area (TPSA) is 80.7 Å². The molecule has 19 heavy (non-hydrogen) atoms. The molecule has 0 heterocycles. The molecule has 0 aromatic heterocycles. The fourth-order valence-electron chi connectivity index (χ4n) is 1.64. The van der Waals surface area contributed by atoms with Crippen LogP contribution >= 0.6 is 0 Å². The molecule has 0 bridgehead atoms. The van der Waals surface area contributed by atoms with Crippen molar-refractivity contribution in [2.75, 3.05) is 19.0 Å². The number of sulfone groups is 1. The van der Waals surface area contributed by atoms with Gasteiger partial charge in [0.15, 0.2) is 9.84 Å². The quantitative estimate of drug-likeness (QED) is 0.774. The number of carbonyl (C=O) groups is 1. The summed E-state index contributed by atoms with van der Waals surface area (Å²) in [5.74, 6) is -1.17. The van der Waals surface area contributed by atoms with E-state index in [9.17, 15) is 13.2 Å². The van der Waals surface area contributed by atoms with Crippen LogP contribution in [0.3, 0.4) is 0 Å². The van der Waals surface area contributed by atoms with Gasteiger partial charge in [0, 0.05) is 13.2 Å². The molecule has 0 saturated carbocycles. The average molecular weight is 286 g/mol. The van der Waals surface area contributed by atoms with Crippen molar-refractivity contribution in [3.05, 3.63) is 29.3 Å². The third-order valence-corrected chi connectivity index (χ3v) is 4.50. The third kappa shape index (κ3) is 4.33.